The molecule has 0 aliphatic rings. The molecule has 5 heteroatoms. The summed E-state index contributed by atoms with van der Waals surface area (Å²) in [6, 6.07) is 14.4. The Morgan fingerprint density at radius 1 is 1.21 bits per heavy atom. The van der Waals surface area contributed by atoms with Crippen molar-refractivity contribution in [2.75, 3.05) is 13.2 Å². The molecule has 0 radical (unpaired) electrons. The minimum atomic E-state index is 0.679. The van der Waals surface area contributed by atoms with E-state index in [1.807, 2.05) is 31.2 Å². The number of hydrogen-bond acceptors (Lipinski definition) is 3. The molecule has 0 spiro atoms. The number of hydrogen-bond donors (Lipinski definition) is 2. The van der Waals surface area contributed by atoms with Crippen LogP contribution in [0, 0.1) is 0 Å². The van der Waals surface area contributed by atoms with E-state index < -0.39 is 0 Å². The summed E-state index contributed by atoms with van der Waals surface area (Å²) in [5, 5.41) is 3.48. The topological polar surface area (TPSA) is 49.9 Å². The number of halogens is 1. The first-order valence-electron chi connectivity index (χ1n) is 8.32. The van der Waals surface area contributed by atoms with Crippen molar-refractivity contribution >= 4 is 27.0 Å². The minimum Gasteiger partial charge on any atom is -0.493 e. The molecule has 0 atom stereocenters. The van der Waals surface area contributed by atoms with Crippen LogP contribution in [0.15, 0.2) is 46.9 Å². The van der Waals surface area contributed by atoms with Crippen molar-refractivity contribution in [1.29, 1.82) is 0 Å². The number of nitrogens with one attached hydrogen (secondary N) is 2. The van der Waals surface area contributed by atoms with Crippen molar-refractivity contribution in [3.8, 4) is 5.75 Å². The molecule has 1 aromatic heterocycles. The number of aromatic amines is 1. The van der Waals surface area contributed by atoms with Crippen LogP contribution in [0.1, 0.15) is 24.7 Å². The van der Waals surface area contributed by atoms with Gasteiger partial charge >= 0.3 is 0 Å². The first-order valence-corrected chi connectivity index (χ1v) is 9.11. The molecule has 0 aliphatic heterocycles. The fourth-order valence-corrected chi connectivity index (χ4v) is 3.21. The monoisotopic (exact) mass is 387 g/mol. The van der Waals surface area contributed by atoms with Crippen LogP contribution in [-0.4, -0.2) is 23.1 Å². The van der Waals surface area contributed by atoms with Gasteiger partial charge in [-0.05, 0) is 65.6 Å². The fraction of sp³-hybridized carbons (Fsp3) is 0.316. The summed E-state index contributed by atoms with van der Waals surface area (Å²) in [6.07, 6.45) is 2.01. The van der Waals surface area contributed by atoms with E-state index in [0.29, 0.717) is 6.61 Å². The Bertz CT molecular complexity index is 767. The Hall–Kier alpha value is -1.85. The van der Waals surface area contributed by atoms with Crippen LogP contribution in [0.3, 0.4) is 0 Å². The number of imidazole rings is 1. The molecular weight excluding hydrogens is 366 g/mol. The van der Waals surface area contributed by atoms with E-state index in [1.54, 1.807) is 0 Å². The third-order valence-corrected chi connectivity index (χ3v) is 4.45. The van der Waals surface area contributed by atoms with Crippen molar-refractivity contribution in [1.82, 2.24) is 15.3 Å². The minimum absolute atomic E-state index is 0.679. The number of H-pyrrole nitrogens is 1. The van der Waals surface area contributed by atoms with Crippen LogP contribution in [0.25, 0.3) is 11.0 Å². The zero-order valence-corrected chi connectivity index (χ0v) is 15.4. The maximum atomic E-state index is 5.53. The Balaban J connectivity index is 1.43. The lowest BCUT2D eigenvalue weighted by atomic mass is 10.2. The van der Waals surface area contributed by atoms with E-state index in [1.165, 1.54) is 5.56 Å². The summed E-state index contributed by atoms with van der Waals surface area (Å²) < 4.78 is 6.54. The van der Waals surface area contributed by atoms with E-state index in [0.717, 1.165) is 53.0 Å². The summed E-state index contributed by atoms with van der Waals surface area (Å²) >= 11 is 3.55. The normalized spacial score (nSPS) is 11.1. The Morgan fingerprint density at radius 3 is 2.88 bits per heavy atom. The van der Waals surface area contributed by atoms with Gasteiger partial charge in [0.1, 0.15) is 11.6 Å². The highest BCUT2D eigenvalue weighted by Crippen LogP contribution is 2.25. The number of aromatic nitrogens is 2. The van der Waals surface area contributed by atoms with Crippen LogP contribution < -0.4 is 10.1 Å². The van der Waals surface area contributed by atoms with Gasteiger partial charge in [-0.3, -0.25) is 0 Å². The molecular formula is C19H22BrN3O. The standard InChI is InChI=1S/C19H22BrN3O/c1-2-24-18-10-9-14(12-15(18)20)13-21-11-5-8-19-22-16-6-3-4-7-17(16)23-19/h3-4,6-7,9-10,12,21H,2,5,8,11,13H2,1H3,(H,22,23). The summed E-state index contributed by atoms with van der Waals surface area (Å²) in [7, 11) is 0. The molecule has 0 unspecified atom stereocenters. The van der Waals surface area contributed by atoms with Crippen LogP contribution >= 0.6 is 15.9 Å². The first kappa shape index (κ1) is 17.0. The molecule has 0 saturated carbocycles. The maximum absolute atomic E-state index is 5.53. The summed E-state index contributed by atoms with van der Waals surface area (Å²) in [6.45, 7) is 4.48. The van der Waals surface area contributed by atoms with Gasteiger partial charge in [-0.25, -0.2) is 4.98 Å². The van der Waals surface area contributed by atoms with Crippen molar-refractivity contribution in [2.45, 2.75) is 26.3 Å². The zero-order valence-electron chi connectivity index (χ0n) is 13.8. The van der Waals surface area contributed by atoms with Gasteiger partial charge in [0.15, 0.2) is 0 Å². The van der Waals surface area contributed by atoms with Crippen molar-refractivity contribution < 1.29 is 4.74 Å². The Morgan fingerprint density at radius 2 is 2.08 bits per heavy atom. The molecule has 24 heavy (non-hydrogen) atoms. The van der Waals surface area contributed by atoms with Gasteiger partial charge < -0.3 is 15.0 Å². The third-order valence-electron chi connectivity index (χ3n) is 3.83. The van der Waals surface area contributed by atoms with E-state index >= 15 is 0 Å². The van der Waals surface area contributed by atoms with Crippen LogP contribution in [0.4, 0.5) is 0 Å². The highest BCUT2D eigenvalue weighted by Gasteiger charge is 2.03. The molecule has 3 aromatic rings. The lowest BCUT2D eigenvalue weighted by Crippen LogP contribution is -2.15. The van der Waals surface area contributed by atoms with Crippen LogP contribution in [0.2, 0.25) is 0 Å². The summed E-state index contributed by atoms with van der Waals surface area (Å²) in [4.78, 5) is 7.97. The van der Waals surface area contributed by atoms with Gasteiger partial charge in [0.05, 0.1) is 22.1 Å². The second-order valence-electron chi connectivity index (χ2n) is 5.68. The molecule has 0 fully saturated rings. The molecule has 3 rings (SSSR count). The lowest BCUT2D eigenvalue weighted by molar-refractivity contribution is 0.338. The number of fused-ring (bicyclic) bond motifs is 1. The molecule has 0 bridgehead atoms. The Kier molecular flexibility index (Phi) is 5.88. The number of benzene rings is 2. The van der Waals surface area contributed by atoms with Gasteiger partial charge in [-0.1, -0.05) is 18.2 Å². The predicted octanol–water partition coefficient (Wildman–Crippen LogP) is 4.45. The first-order chi connectivity index (χ1) is 11.8. The van der Waals surface area contributed by atoms with E-state index in [9.17, 15) is 0 Å². The second kappa shape index (κ2) is 8.31. The number of rotatable bonds is 8. The largest absolute Gasteiger partial charge is 0.493 e. The quantitative estimate of drug-likeness (QED) is 0.561. The molecule has 2 N–H and O–H groups in total. The van der Waals surface area contributed by atoms with Gasteiger partial charge in [0.25, 0.3) is 0 Å². The highest BCUT2D eigenvalue weighted by molar-refractivity contribution is 9.10. The Labute approximate surface area is 150 Å². The van der Waals surface area contributed by atoms with Crippen LogP contribution in [-0.2, 0) is 13.0 Å². The van der Waals surface area contributed by atoms with Gasteiger partial charge in [0.2, 0.25) is 0 Å². The molecule has 126 valence electrons. The van der Waals surface area contributed by atoms with Gasteiger partial charge in [-0.15, -0.1) is 0 Å². The van der Waals surface area contributed by atoms with Crippen molar-refractivity contribution in [3.05, 3.63) is 58.3 Å². The average Bonchev–Trinajstić information content (AvgIpc) is 3.00. The van der Waals surface area contributed by atoms with Crippen LogP contribution in [0.5, 0.6) is 5.75 Å². The molecule has 0 saturated heterocycles. The average molecular weight is 388 g/mol. The molecule has 0 amide bonds. The summed E-state index contributed by atoms with van der Waals surface area (Å²) in [5.74, 6) is 1.95. The zero-order chi connectivity index (χ0) is 16.8. The second-order valence-corrected chi connectivity index (χ2v) is 6.53. The van der Waals surface area contributed by atoms with E-state index in [2.05, 4.69) is 49.4 Å². The molecule has 4 nitrogen and oxygen atoms in total. The third kappa shape index (κ3) is 4.36. The fourth-order valence-electron chi connectivity index (χ4n) is 2.66. The van der Waals surface area contributed by atoms with Crippen molar-refractivity contribution in [2.24, 2.45) is 0 Å². The lowest BCUT2D eigenvalue weighted by Gasteiger charge is -2.09. The molecule has 2 aromatic carbocycles. The van der Waals surface area contributed by atoms with Crippen molar-refractivity contribution in [3.63, 3.8) is 0 Å². The maximum Gasteiger partial charge on any atom is 0.133 e. The molecule has 0 aliphatic carbocycles. The van der Waals surface area contributed by atoms with E-state index in [-0.39, 0.29) is 0 Å². The summed E-state index contributed by atoms with van der Waals surface area (Å²) in [5.41, 5.74) is 3.40. The predicted molar refractivity (Wildman–Crippen MR) is 101 cm³/mol. The SMILES string of the molecule is CCOc1ccc(CNCCCc2nc3ccccc3[nH]2)cc1Br. The number of nitrogens with zero attached hydrogens (tertiary/aromatic N) is 1. The number of aryl methyl sites for hydroxylation is 1. The van der Waals surface area contributed by atoms with E-state index in [4.69, 9.17) is 4.74 Å². The molecule has 1 heterocycles. The smallest absolute Gasteiger partial charge is 0.133 e. The number of para-hydroxylation sites is 2. The van der Waals surface area contributed by atoms with Gasteiger partial charge in [0, 0.05) is 13.0 Å². The highest BCUT2D eigenvalue weighted by atomic mass is 79.9. The van der Waals surface area contributed by atoms with Gasteiger partial charge in [-0.2, -0.15) is 0 Å². The number of ether oxygens (including phenoxy) is 1.